The maximum absolute atomic E-state index is 13.3. The fourth-order valence-electron chi connectivity index (χ4n) is 4.43. The molecule has 2 aromatic carbocycles. The lowest BCUT2D eigenvalue weighted by Crippen LogP contribution is -2.49. The second-order valence-electron chi connectivity index (χ2n) is 8.55. The van der Waals surface area contributed by atoms with Crippen molar-refractivity contribution in [1.29, 1.82) is 0 Å². The second-order valence-corrected chi connectivity index (χ2v) is 10.9. The van der Waals surface area contributed by atoms with Gasteiger partial charge in [0.25, 0.3) is 5.91 Å². The molecule has 2 saturated heterocycles. The Morgan fingerprint density at radius 3 is 2.22 bits per heavy atom. The van der Waals surface area contributed by atoms with Crippen LogP contribution in [0.1, 0.15) is 41.6 Å². The summed E-state index contributed by atoms with van der Waals surface area (Å²) in [5.41, 5.74) is 2.31. The number of amides is 1. The van der Waals surface area contributed by atoms with Gasteiger partial charge in [0.1, 0.15) is 0 Å². The van der Waals surface area contributed by atoms with Crippen LogP contribution in [0.4, 0.5) is 5.69 Å². The number of carbonyl (C=O) groups excluding carboxylic acids is 1. The average molecular weight is 476 g/mol. The number of carbonyl (C=O) groups is 1. The van der Waals surface area contributed by atoms with Gasteiger partial charge < -0.3 is 9.80 Å². The molecule has 2 heterocycles. The van der Waals surface area contributed by atoms with E-state index in [9.17, 15) is 13.2 Å². The van der Waals surface area contributed by atoms with Crippen molar-refractivity contribution in [3.05, 3.63) is 58.6 Å². The van der Waals surface area contributed by atoms with E-state index < -0.39 is 10.0 Å². The Labute approximate surface area is 195 Å². The largest absolute Gasteiger partial charge is 0.368 e. The SMILES string of the molecule is Cc1ccc(S(=O)(=O)N2CCCCCC2)cc1C(=O)N1CCN(c2cccc(Cl)c2)CC1. The monoisotopic (exact) mass is 475 g/mol. The van der Waals surface area contributed by atoms with Crippen LogP contribution in [0.3, 0.4) is 0 Å². The van der Waals surface area contributed by atoms with Gasteiger partial charge in [0.2, 0.25) is 10.0 Å². The molecule has 4 rings (SSSR count). The Kier molecular flexibility index (Phi) is 7.08. The highest BCUT2D eigenvalue weighted by Crippen LogP contribution is 2.25. The predicted octanol–water partition coefficient (Wildman–Crippen LogP) is 4.18. The fourth-order valence-corrected chi connectivity index (χ4v) is 6.16. The van der Waals surface area contributed by atoms with Gasteiger partial charge in [-0.2, -0.15) is 4.31 Å². The van der Waals surface area contributed by atoms with Crippen LogP contribution in [0, 0.1) is 6.92 Å². The van der Waals surface area contributed by atoms with E-state index in [2.05, 4.69) is 4.90 Å². The molecular weight excluding hydrogens is 446 g/mol. The van der Waals surface area contributed by atoms with Crippen LogP contribution < -0.4 is 4.90 Å². The van der Waals surface area contributed by atoms with E-state index in [0.717, 1.165) is 36.9 Å². The first-order valence-electron chi connectivity index (χ1n) is 11.3. The van der Waals surface area contributed by atoms with Crippen molar-refractivity contribution in [1.82, 2.24) is 9.21 Å². The molecule has 2 aliphatic heterocycles. The van der Waals surface area contributed by atoms with Crippen molar-refractivity contribution in [2.24, 2.45) is 0 Å². The first-order chi connectivity index (χ1) is 15.4. The van der Waals surface area contributed by atoms with Gasteiger partial charge in [-0.05, 0) is 55.7 Å². The van der Waals surface area contributed by atoms with Crippen molar-refractivity contribution in [3.8, 4) is 0 Å². The van der Waals surface area contributed by atoms with E-state index in [-0.39, 0.29) is 10.8 Å². The van der Waals surface area contributed by atoms with Gasteiger partial charge in [0.15, 0.2) is 0 Å². The van der Waals surface area contributed by atoms with Gasteiger partial charge in [-0.25, -0.2) is 8.42 Å². The highest BCUT2D eigenvalue weighted by atomic mass is 35.5. The molecule has 1 amide bonds. The summed E-state index contributed by atoms with van der Waals surface area (Å²) in [6.45, 7) is 5.52. The Hall–Kier alpha value is -2.09. The first-order valence-corrected chi connectivity index (χ1v) is 13.1. The van der Waals surface area contributed by atoms with E-state index in [1.807, 2.05) is 36.1 Å². The highest BCUT2D eigenvalue weighted by Gasteiger charge is 2.28. The van der Waals surface area contributed by atoms with E-state index in [4.69, 9.17) is 11.6 Å². The molecule has 0 aliphatic carbocycles. The van der Waals surface area contributed by atoms with Crippen LogP contribution in [-0.4, -0.2) is 62.8 Å². The summed E-state index contributed by atoms with van der Waals surface area (Å²) in [4.78, 5) is 17.5. The van der Waals surface area contributed by atoms with E-state index in [1.165, 1.54) is 0 Å². The van der Waals surface area contributed by atoms with Crippen LogP contribution in [0.5, 0.6) is 0 Å². The molecule has 0 saturated carbocycles. The minimum absolute atomic E-state index is 0.110. The average Bonchev–Trinajstić information content (AvgIpc) is 3.09. The molecule has 0 unspecified atom stereocenters. The lowest BCUT2D eigenvalue weighted by atomic mass is 10.1. The summed E-state index contributed by atoms with van der Waals surface area (Å²) in [6.07, 6.45) is 3.89. The molecule has 0 N–H and O–H groups in total. The molecule has 2 fully saturated rings. The van der Waals surface area contributed by atoms with E-state index in [0.29, 0.717) is 49.9 Å². The van der Waals surface area contributed by atoms with Crippen molar-refractivity contribution in [2.45, 2.75) is 37.5 Å². The number of halogens is 1. The number of hydrogen-bond donors (Lipinski definition) is 0. The summed E-state index contributed by atoms with van der Waals surface area (Å²) in [5, 5.41) is 0.694. The van der Waals surface area contributed by atoms with E-state index >= 15 is 0 Å². The minimum atomic E-state index is -3.60. The topological polar surface area (TPSA) is 60.9 Å². The van der Waals surface area contributed by atoms with E-state index in [1.54, 1.807) is 22.5 Å². The van der Waals surface area contributed by atoms with Gasteiger partial charge >= 0.3 is 0 Å². The number of anilines is 1. The van der Waals surface area contributed by atoms with Gasteiger partial charge in [-0.1, -0.05) is 36.6 Å². The number of sulfonamides is 1. The summed E-state index contributed by atoms with van der Waals surface area (Å²) in [5.74, 6) is -0.110. The third-order valence-corrected chi connectivity index (χ3v) is 8.51. The second kappa shape index (κ2) is 9.81. The molecule has 0 aromatic heterocycles. The summed E-state index contributed by atoms with van der Waals surface area (Å²) < 4.78 is 28.0. The minimum Gasteiger partial charge on any atom is -0.368 e. The molecule has 0 radical (unpaired) electrons. The van der Waals surface area contributed by atoms with Crippen LogP contribution >= 0.6 is 11.6 Å². The fraction of sp³-hybridized carbons (Fsp3) is 0.458. The van der Waals surface area contributed by atoms with Gasteiger partial charge in [0.05, 0.1) is 4.90 Å². The zero-order valence-corrected chi connectivity index (χ0v) is 20.0. The highest BCUT2D eigenvalue weighted by molar-refractivity contribution is 7.89. The Balaban J connectivity index is 1.49. The predicted molar refractivity (Wildman–Crippen MR) is 128 cm³/mol. The number of rotatable bonds is 4. The van der Waals surface area contributed by atoms with Gasteiger partial charge in [-0.15, -0.1) is 0 Å². The molecule has 32 heavy (non-hydrogen) atoms. The molecule has 0 bridgehead atoms. The molecule has 0 atom stereocenters. The Morgan fingerprint density at radius 2 is 1.56 bits per heavy atom. The Bertz CT molecular complexity index is 1070. The molecule has 8 heteroatoms. The van der Waals surface area contributed by atoms with Crippen LogP contribution in [0.2, 0.25) is 5.02 Å². The first kappa shape index (κ1) is 23.1. The normalized spacial score (nSPS) is 18.4. The maximum Gasteiger partial charge on any atom is 0.254 e. The quantitative estimate of drug-likeness (QED) is 0.665. The zero-order valence-electron chi connectivity index (χ0n) is 18.5. The summed E-state index contributed by atoms with van der Waals surface area (Å²) in [6, 6.07) is 12.7. The van der Waals surface area contributed by atoms with Crippen LogP contribution in [-0.2, 0) is 10.0 Å². The third kappa shape index (κ3) is 4.95. The van der Waals surface area contributed by atoms with Gasteiger partial charge in [0, 0.05) is 55.5 Å². The third-order valence-electron chi connectivity index (χ3n) is 6.38. The standard InChI is InChI=1S/C24H30ClN3O3S/c1-19-9-10-22(32(30,31)28-11-4-2-3-5-12-28)18-23(19)24(29)27-15-13-26(14-16-27)21-8-6-7-20(25)17-21/h6-10,17-18H,2-5,11-16H2,1H3. The number of nitrogens with zero attached hydrogens (tertiary/aromatic N) is 3. The number of benzene rings is 2. The molecule has 6 nitrogen and oxygen atoms in total. The number of aryl methyl sites for hydroxylation is 1. The smallest absolute Gasteiger partial charge is 0.254 e. The molecule has 0 spiro atoms. The van der Waals surface area contributed by atoms with Gasteiger partial charge in [-0.3, -0.25) is 4.79 Å². The van der Waals surface area contributed by atoms with Crippen molar-refractivity contribution < 1.29 is 13.2 Å². The number of hydrogen-bond acceptors (Lipinski definition) is 4. The maximum atomic E-state index is 13.3. The van der Waals surface area contributed by atoms with Crippen molar-refractivity contribution >= 4 is 33.2 Å². The molecule has 2 aliphatic rings. The lowest BCUT2D eigenvalue weighted by Gasteiger charge is -2.36. The van der Waals surface area contributed by atoms with Crippen LogP contribution in [0.15, 0.2) is 47.4 Å². The zero-order chi connectivity index (χ0) is 22.7. The van der Waals surface area contributed by atoms with Crippen molar-refractivity contribution in [2.75, 3.05) is 44.2 Å². The van der Waals surface area contributed by atoms with Crippen molar-refractivity contribution in [3.63, 3.8) is 0 Å². The lowest BCUT2D eigenvalue weighted by molar-refractivity contribution is 0.0746. The number of piperazine rings is 1. The van der Waals surface area contributed by atoms with Crippen LogP contribution in [0.25, 0.3) is 0 Å². The Morgan fingerprint density at radius 1 is 0.875 bits per heavy atom. The summed E-state index contributed by atoms with van der Waals surface area (Å²) >= 11 is 6.11. The summed E-state index contributed by atoms with van der Waals surface area (Å²) in [7, 11) is -3.60. The molecular formula is C24H30ClN3O3S. The molecule has 172 valence electrons. The molecule has 2 aromatic rings.